The number of hydrogen-bond acceptors (Lipinski definition) is 8. The molecule has 2 aromatic heterocycles. The van der Waals surface area contributed by atoms with Crippen LogP contribution in [0.1, 0.15) is 44.2 Å². The molecular formula is C41H42N6O4S2. The molecule has 6 aromatic rings. The third-order valence-electron chi connectivity index (χ3n) is 8.88. The van der Waals surface area contributed by atoms with E-state index in [0.717, 1.165) is 11.1 Å². The molecule has 0 spiro atoms. The second-order valence-electron chi connectivity index (χ2n) is 12.8. The number of thioether (sulfide) groups is 2. The van der Waals surface area contributed by atoms with Crippen LogP contribution in [0.15, 0.2) is 117 Å². The molecule has 53 heavy (non-hydrogen) atoms. The van der Waals surface area contributed by atoms with Crippen molar-refractivity contribution >= 4 is 68.5 Å². The fourth-order valence-electron chi connectivity index (χ4n) is 5.87. The highest BCUT2D eigenvalue weighted by Gasteiger charge is 2.24. The van der Waals surface area contributed by atoms with Crippen molar-refractivity contribution in [3.8, 4) is 0 Å². The van der Waals surface area contributed by atoms with E-state index >= 15 is 0 Å². The monoisotopic (exact) mass is 746 g/mol. The van der Waals surface area contributed by atoms with Crippen molar-refractivity contribution in [1.82, 2.24) is 19.1 Å². The molecular weight excluding hydrogens is 705 g/mol. The topological polar surface area (TPSA) is 128 Å². The highest BCUT2D eigenvalue weighted by atomic mass is 32.2. The number of anilines is 2. The molecule has 0 saturated carbocycles. The molecule has 0 radical (unpaired) electrons. The molecule has 0 aliphatic heterocycles. The summed E-state index contributed by atoms with van der Waals surface area (Å²) in [5.74, 6) is -0.356. The van der Waals surface area contributed by atoms with Crippen LogP contribution in [-0.4, -0.2) is 41.4 Å². The maximum absolute atomic E-state index is 14.0. The quantitative estimate of drug-likeness (QED) is 0.0853. The van der Waals surface area contributed by atoms with Crippen molar-refractivity contribution in [1.29, 1.82) is 0 Å². The van der Waals surface area contributed by atoms with E-state index in [-0.39, 0.29) is 36.0 Å². The number of aromatic nitrogens is 4. The molecule has 4 aromatic carbocycles. The molecule has 0 unspecified atom stereocenters. The molecule has 0 fully saturated rings. The van der Waals surface area contributed by atoms with Gasteiger partial charge in [0.15, 0.2) is 10.3 Å². The van der Waals surface area contributed by atoms with Crippen LogP contribution in [0.25, 0.3) is 21.8 Å². The van der Waals surface area contributed by atoms with Crippen LogP contribution >= 0.6 is 23.5 Å². The van der Waals surface area contributed by atoms with E-state index < -0.39 is 10.5 Å². The van der Waals surface area contributed by atoms with Crippen molar-refractivity contribution < 1.29 is 9.59 Å². The number of aryl methyl sites for hydroxylation is 2. The fraction of sp³-hybridized carbons (Fsp3) is 0.268. The lowest BCUT2D eigenvalue weighted by molar-refractivity contribution is -0.116. The number of nitrogens with zero attached hydrogens (tertiary/aromatic N) is 4. The lowest BCUT2D eigenvalue weighted by Crippen LogP contribution is -2.30. The Labute approximate surface area is 316 Å². The number of fused-ring (bicyclic) bond motifs is 2. The van der Waals surface area contributed by atoms with Gasteiger partial charge in [-0.1, -0.05) is 97.0 Å². The van der Waals surface area contributed by atoms with Crippen LogP contribution in [0.4, 0.5) is 11.4 Å². The number of para-hydroxylation sites is 2. The number of nitrogens with one attached hydrogen (secondary N) is 2. The maximum Gasteiger partial charge on any atom is 0.262 e. The zero-order valence-electron chi connectivity index (χ0n) is 30.2. The third kappa shape index (κ3) is 8.89. The predicted molar refractivity (Wildman–Crippen MR) is 216 cm³/mol. The summed E-state index contributed by atoms with van der Waals surface area (Å²) in [6.07, 6.45) is 1.42. The first-order valence-corrected chi connectivity index (χ1v) is 19.5. The Hall–Kier alpha value is -5.20. The van der Waals surface area contributed by atoms with Gasteiger partial charge in [-0.2, -0.15) is 0 Å². The molecule has 0 aliphatic rings. The smallest absolute Gasteiger partial charge is 0.262 e. The van der Waals surface area contributed by atoms with Gasteiger partial charge in [-0.3, -0.25) is 28.3 Å². The van der Waals surface area contributed by atoms with Gasteiger partial charge in [-0.25, -0.2) is 9.97 Å². The van der Waals surface area contributed by atoms with Crippen LogP contribution in [0.2, 0.25) is 0 Å². The summed E-state index contributed by atoms with van der Waals surface area (Å²) in [5.41, 5.74) is 4.24. The minimum atomic E-state index is -0.511. The molecule has 272 valence electrons. The van der Waals surface area contributed by atoms with Gasteiger partial charge < -0.3 is 10.6 Å². The Morgan fingerprint density at radius 1 is 0.604 bits per heavy atom. The van der Waals surface area contributed by atoms with Crippen molar-refractivity contribution in [2.75, 3.05) is 10.6 Å². The standard InChI is InChI=1S/C41H42N6O4S2/c1-5-34(36(48)42-28-20-16-26(3)17-21-28)52-40-44-32-14-9-7-12-30(32)38(50)46(40)24-11-25-47-39(51)31-13-8-10-15-33(31)45-41(47)53-35(6-2)37(49)43-29-22-18-27(4)19-23-29/h7-10,12-23,34-35H,5-6,11,24-25H2,1-4H3,(H,42,48)(H,43,49)/t34-,35+. The highest BCUT2D eigenvalue weighted by Crippen LogP contribution is 2.28. The Morgan fingerprint density at radius 3 is 1.36 bits per heavy atom. The predicted octanol–water partition coefficient (Wildman–Crippen LogP) is 7.83. The number of carbonyl (C=O) groups excluding carboxylic acids is 2. The average molecular weight is 747 g/mol. The van der Waals surface area contributed by atoms with Gasteiger partial charge >= 0.3 is 0 Å². The minimum absolute atomic E-state index is 0.178. The average Bonchev–Trinajstić information content (AvgIpc) is 3.16. The van der Waals surface area contributed by atoms with Crippen LogP contribution in [0, 0.1) is 13.8 Å². The summed E-state index contributed by atoms with van der Waals surface area (Å²) in [6.45, 7) is 8.31. The Bertz CT molecular complexity index is 2210. The largest absolute Gasteiger partial charge is 0.325 e. The van der Waals surface area contributed by atoms with E-state index in [9.17, 15) is 19.2 Å². The summed E-state index contributed by atoms with van der Waals surface area (Å²) in [7, 11) is 0. The van der Waals surface area contributed by atoms with E-state index in [1.54, 1.807) is 45.5 Å². The third-order valence-corrected chi connectivity index (χ3v) is 11.6. The number of benzene rings is 4. The fourth-order valence-corrected chi connectivity index (χ4v) is 7.95. The lowest BCUT2D eigenvalue weighted by atomic mass is 10.2. The molecule has 2 amide bonds. The molecule has 0 saturated heterocycles. The zero-order chi connectivity index (χ0) is 37.5. The molecule has 12 heteroatoms. The Kier molecular flexibility index (Phi) is 12.1. The van der Waals surface area contributed by atoms with E-state index in [0.29, 0.717) is 62.8 Å². The highest BCUT2D eigenvalue weighted by molar-refractivity contribution is 8.00. The summed E-state index contributed by atoms with van der Waals surface area (Å²) >= 11 is 2.51. The van der Waals surface area contributed by atoms with Crippen LogP contribution < -0.4 is 21.8 Å². The van der Waals surface area contributed by atoms with Gasteiger partial charge in [0.05, 0.1) is 32.3 Å². The van der Waals surface area contributed by atoms with Gasteiger partial charge in [0, 0.05) is 24.5 Å². The van der Waals surface area contributed by atoms with E-state index in [1.165, 1.54) is 23.5 Å². The first kappa shape index (κ1) is 37.6. The molecule has 2 heterocycles. The Balaban J connectivity index is 1.27. The summed E-state index contributed by atoms with van der Waals surface area (Å²) in [4.78, 5) is 64.5. The molecule has 6 rings (SSSR count). The van der Waals surface area contributed by atoms with Gasteiger partial charge in [-0.05, 0) is 81.6 Å². The van der Waals surface area contributed by atoms with Gasteiger partial charge in [0.1, 0.15) is 0 Å². The van der Waals surface area contributed by atoms with Crippen LogP contribution in [-0.2, 0) is 22.7 Å². The second kappa shape index (κ2) is 17.1. The van der Waals surface area contributed by atoms with Gasteiger partial charge in [0.2, 0.25) is 11.8 Å². The molecule has 2 N–H and O–H groups in total. The molecule has 0 aliphatic carbocycles. The van der Waals surface area contributed by atoms with Crippen molar-refractivity contribution in [2.45, 2.75) is 80.9 Å². The minimum Gasteiger partial charge on any atom is -0.325 e. The van der Waals surface area contributed by atoms with Gasteiger partial charge in [0.25, 0.3) is 11.1 Å². The maximum atomic E-state index is 14.0. The van der Waals surface area contributed by atoms with Crippen LogP contribution in [0.3, 0.4) is 0 Å². The second-order valence-corrected chi connectivity index (χ2v) is 15.2. The van der Waals surface area contributed by atoms with E-state index in [2.05, 4.69) is 10.6 Å². The SMILES string of the molecule is CC[C@H](Sc1nc2ccccc2c(=O)n1CCCn1c(S[C@H](CC)C(=O)Nc2ccc(C)cc2)nc2ccccc2c1=O)C(=O)Nc1ccc(C)cc1. The number of hydrogen-bond donors (Lipinski definition) is 2. The molecule has 2 atom stereocenters. The Morgan fingerprint density at radius 2 is 0.981 bits per heavy atom. The van der Waals surface area contributed by atoms with Crippen molar-refractivity contribution in [3.05, 3.63) is 129 Å². The van der Waals surface area contributed by atoms with E-state index in [4.69, 9.17) is 9.97 Å². The normalized spacial score (nSPS) is 12.5. The summed E-state index contributed by atoms with van der Waals surface area (Å²) in [6, 6.07) is 29.6. The number of rotatable bonds is 14. The van der Waals surface area contributed by atoms with Crippen molar-refractivity contribution in [2.24, 2.45) is 0 Å². The first-order valence-electron chi connectivity index (χ1n) is 17.7. The van der Waals surface area contributed by atoms with E-state index in [1.807, 2.05) is 88.4 Å². The number of carbonyl (C=O) groups is 2. The lowest BCUT2D eigenvalue weighted by Gasteiger charge is -2.20. The first-order chi connectivity index (χ1) is 25.6. The molecule has 0 bridgehead atoms. The zero-order valence-corrected chi connectivity index (χ0v) is 31.8. The summed E-state index contributed by atoms with van der Waals surface area (Å²) < 4.78 is 3.20. The summed E-state index contributed by atoms with van der Waals surface area (Å²) in [5, 5.41) is 6.77. The van der Waals surface area contributed by atoms with Gasteiger partial charge in [-0.15, -0.1) is 0 Å². The van der Waals surface area contributed by atoms with Crippen molar-refractivity contribution in [3.63, 3.8) is 0 Å². The number of amides is 2. The van der Waals surface area contributed by atoms with Crippen LogP contribution in [0.5, 0.6) is 0 Å². The molecule has 10 nitrogen and oxygen atoms in total.